The average Bonchev–Trinajstić information content (AvgIpc) is 3.42. The molecule has 0 spiro atoms. The number of carbonyl (C=O) groups is 2. The van der Waals surface area contributed by atoms with Crippen LogP contribution >= 0.6 is 11.3 Å². The van der Waals surface area contributed by atoms with Gasteiger partial charge < -0.3 is 25.3 Å². The van der Waals surface area contributed by atoms with E-state index in [1.54, 1.807) is 17.9 Å². The normalized spacial score (nSPS) is 14.9. The van der Waals surface area contributed by atoms with Crippen molar-refractivity contribution in [3.8, 4) is 22.4 Å². The lowest BCUT2D eigenvalue weighted by Crippen LogP contribution is -2.25. The fraction of sp³-hybridized carbons (Fsp3) is 0.250. The smallest absolute Gasteiger partial charge is 0.255 e. The minimum absolute atomic E-state index is 0.126. The number of anilines is 1. The maximum Gasteiger partial charge on any atom is 0.255 e. The molecular weight excluding hydrogens is 470 g/mol. The molecule has 5 rings (SSSR count). The summed E-state index contributed by atoms with van der Waals surface area (Å²) < 4.78 is 18.9. The van der Waals surface area contributed by atoms with Crippen LogP contribution in [-0.2, 0) is 9.59 Å². The molecule has 0 unspecified atom stereocenters. The highest BCUT2D eigenvalue weighted by molar-refractivity contribution is 7.20. The highest BCUT2D eigenvalue weighted by Gasteiger charge is 2.33. The molecule has 2 aromatic heterocycles. The molecule has 11 heteroatoms. The van der Waals surface area contributed by atoms with Crippen LogP contribution in [0.1, 0.15) is 29.2 Å². The molecule has 0 radical (unpaired) electrons. The molecule has 1 atom stereocenters. The molecule has 3 N–H and O–H groups in total. The molecule has 0 saturated carbocycles. The Bertz CT molecular complexity index is 1460. The van der Waals surface area contributed by atoms with Gasteiger partial charge in [-0.05, 0) is 42.8 Å². The number of primary amides is 1. The number of benzene rings is 2. The van der Waals surface area contributed by atoms with Gasteiger partial charge in [0.05, 0.1) is 30.1 Å². The monoisotopic (exact) mass is 493 g/mol. The first kappa shape index (κ1) is 22.7. The molecule has 4 aromatic rings. The van der Waals surface area contributed by atoms with Crippen molar-refractivity contribution in [2.24, 2.45) is 5.73 Å². The van der Waals surface area contributed by atoms with E-state index in [1.165, 1.54) is 18.4 Å². The van der Waals surface area contributed by atoms with Crippen molar-refractivity contribution in [2.75, 3.05) is 26.1 Å². The van der Waals surface area contributed by atoms with Gasteiger partial charge in [0, 0.05) is 17.9 Å². The minimum Gasteiger partial charge on any atom is -0.497 e. The summed E-state index contributed by atoms with van der Waals surface area (Å²) in [5, 5.41) is 8.36. The Morgan fingerprint density at radius 2 is 2.03 bits per heavy atom. The zero-order valence-corrected chi connectivity index (χ0v) is 20.1. The summed E-state index contributed by atoms with van der Waals surface area (Å²) in [6.45, 7) is 1.66. The van der Waals surface area contributed by atoms with E-state index in [2.05, 4.69) is 5.32 Å². The Kier molecular flexibility index (Phi) is 5.77. The van der Waals surface area contributed by atoms with Gasteiger partial charge in [-0.2, -0.15) is 9.78 Å². The van der Waals surface area contributed by atoms with Crippen LogP contribution in [0.5, 0.6) is 17.2 Å². The first-order valence-corrected chi connectivity index (χ1v) is 11.6. The maximum absolute atomic E-state index is 12.8. The summed E-state index contributed by atoms with van der Waals surface area (Å²) in [6, 6.07) is 11.1. The second-order valence-electron chi connectivity index (χ2n) is 8.06. The molecule has 0 saturated heterocycles. The number of hydrogen-bond acceptors (Lipinski definition) is 8. The van der Waals surface area contributed by atoms with Crippen LogP contribution < -0.4 is 25.3 Å². The molecule has 1 aliphatic heterocycles. The number of rotatable bonds is 7. The summed E-state index contributed by atoms with van der Waals surface area (Å²) >= 11 is 1.46. The maximum atomic E-state index is 12.8. The van der Waals surface area contributed by atoms with Gasteiger partial charge in [0.2, 0.25) is 11.0 Å². The van der Waals surface area contributed by atoms with E-state index in [4.69, 9.17) is 30.0 Å². The van der Waals surface area contributed by atoms with Gasteiger partial charge in [-0.15, -0.1) is 0 Å². The predicted octanol–water partition coefficient (Wildman–Crippen LogP) is 3.15. The molecule has 3 heterocycles. The average molecular weight is 494 g/mol. The van der Waals surface area contributed by atoms with Crippen LogP contribution in [0.4, 0.5) is 5.82 Å². The molecular formula is C24H23N5O5S. The van der Waals surface area contributed by atoms with Gasteiger partial charge in [0.15, 0.2) is 18.1 Å². The lowest BCUT2D eigenvalue weighted by molar-refractivity contribution is -0.120. The molecule has 0 fully saturated rings. The first-order chi connectivity index (χ1) is 16.9. The van der Waals surface area contributed by atoms with Gasteiger partial charge in [-0.25, -0.2) is 4.98 Å². The third-order valence-electron chi connectivity index (χ3n) is 5.83. The second-order valence-corrected chi connectivity index (χ2v) is 9.07. The third-order valence-corrected chi connectivity index (χ3v) is 6.82. The number of nitrogens with two attached hydrogens (primary N) is 1. The quantitative estimate of drug-likeness (QED) is 0.404. The van der Waals surface area contributed by atoms with E-state index >= 15 is 0 Å². The zero-order valence-electron chi connectivity index (χ0n) is 19.3. The summed E-state index contributed by atoms with van der Waals surface area (Å²) in [5.74, 6) is 1.23. The third kappa shape index (κ3) is 4.14. The summed E-state index contributed by atoms with van der Waals surface area (Å²) in [7, 11) is 3.14. The lowest BCUT2D eigenvalue weighted by Gasteiger charge is -2.24. The highest BCUT2D eigenvalue weighted by Crippen LogP contribution is 2.43. The largest absolute Gasteiger partial charge is 0.497 e. The van der Waals surface area contributed by atoms with Crippen LogP contribution in [-0.4, -0.2) is 47.4 Å². The van der Waals surface area contributed by atoms with Gasteiger partial charge in [-0.1, -0.05) is 17.4 Å². The summed E-state index contributed by atoms with van der Waals surface area (Å²) in [4.78, 5) is 28.6. The molecule has 0 aliphatic carbocycles. The molecule has 10 nitrogen and oxygen atoms in total. The molecule has 35 heavy (non-hydrogen) atoms. The number of nitrogens with one attached hydrogen (secondary N) is 1. The van der Waals surface area contributed by atoms with E-state index in [0.29, 0.717) is 22.4 Å². The topological polar surface area (TPSA) is 131 Å². The molecule has 2 amide bonds. The van der Waals surface area contributed by atoms with Gasteiger partial charge >= 0.3 is 0 Å². The first-order valence-electron chi connectivity index (χ1n) is 10.8. The Morgan fingerprint density at radius 3 is 2.77 bits per heavy atom. The van der Waals surface area contributed by atoms with Gasteiger partial charge in [0.25, 0.3) is 5.91 Å². The Morgan fingerprint density at radius 1 is 1.20 bits per heavy atom. The number of aryl methyl sites for hydroxylation is 1. The lowest BCUT2D eigenvalue weighted by atomic mass is 9.85. The molecule has 0 bridgehead atoms. The number of thiazole rings is 1. The highest BCUT2D eigenvalue weighted by atomic mass is 32.1. The minimum atomic E-state index is -0.582. The summed E-state index contributed by atoms with van der Waals surface area (Å²) in [5.41, 5.74) is 8.57. The number of ether oxygens (including phenoxy) is 3. The Hall–Kier alpha value is -4.12. The van der Waals surface area contributed by atoms with Gasteiger partial charge in [-0.3, -0.25) is 9.59 Å². The molecule has 1 aliphatic rings. The SMILES string of the molecule is COc1ccc2nc(-n3nc(C)c4c3NC(=O)C[C@@H]4c3ccc(OCC(N)=O)c(OC)c3)sc2c1. The van der Waals surface area contributed by atoms with Crippen molar-refractivity contribution in [1.82, 2.24) is 14.8 Å². The van der Waals surface area contributed by atoms with E-state index in [1.807, 2.05) is 37.3 Å². The van der Waals surface area contributed by atoms with Crippen LogP contribution in [0, 0.1) is 6.92 Å². The van der Waals surface area contributed by atoms with Crippen LogP contribution in [0.2, 0.25) is 0 Å². The Balaban J connectivity index is 1.56. The number of methoxy groups -OCH3 is 2. The van der Waals surface area contributed by atoms with Crippen LogP contribution in [0.25, 0.3) is 15.3 Å². The zero-order chi connectivity index (χ0) is 24.7. The number of aromatic nitrogens is 3. The van der Waals surface area contributed by atoms with Crippen LogP contribution in [0.15, 0.2) is 36.4 Å². The van der Waals surface area contributed by atoms with E-state index in [-0.39, 0.29) is 24.9 Å². The van der Waals surface area contributed by atoms with E-state index in [9.17, 15) is 9.59 Å². The summed E-state index contributed by atoms with van der Waals surface area (Å²) in [6.07, 6.45) is 0.251. The molecule has 180 valence electrons. The number of amides is 2. The van der Waals surface area contributed by atoms with E-state index < -0.39 is 5.91 Å². The number of carbonyl (C=O) groups excluding carboxylic acids is 2. The number of fused-ring (bicyclic) bond motifs is 2. The van der Waals surface area contributed by atoms with Crippen molar-refractivity contribution in [1.29, 1.82) is 0 Å². The van der Waals surface area contributed by atoms with Crippen molar-refractivity contribution >= 4 is 39.2 Å². The Labute approximate surface area is 204 Å². The van der Waals surface area contributed by atoms with Crippen molar-refractivity contribution in [3.63, 3.8) is 0 Å². The number of hydrogen-bond donors (Lipinski definition) is 2. The van der Waals surface area contributed by atoms with Gasteiger partial charge in [0.1, 0.15) is 11.6 Å². The second kappa shape index (κ2) is 8.91. The van der Waals surface area contributed by atoms with Crippen molar-refractivity contribution in [2.45, 2.75) is 19.3 Å². The molecule has 2 aromatic carbocycles. The van der Waals surface area contributed by atoms with E-state index in [0.717, 1.165) is 32.8 Å². The predicted molar refractivity (Wildman–Crippen MR) is 131 cm³/mol. The van der Waals surface area contributed by atoms with Crippen LogP contribution in [0.3, 0.4) is 0 Å². The fourth-order valence-corrected chi connectivity index (χ4v) is 5.20. The van der Waals surface area contributed by atoms with Crippen molar-refractivity contribution < 1.29 is 23.8 Å². The standard InChI is InChI=1S/C24H23N5O5S/c1-12-22-15(13-4-7-17(18(8-13)33-3)34-11-20(25)30)10-21(31)27-23(22)29(28-12)24-26-16-6-5-14(32-2)9-19(16)35-24/h4-9,15H,10-11H2,1-3H3,(H2,25,30)(H,27,31)/t15-/m1/s1. The number of nitrogens with zero attached hydrogens (tertiary/aromatic N) is 3. The van der Waals surface area contributed by atoms with Crippen molar-refractivity contribution in [3.05, 3.63) is 53.2 Å². The fourth-order valence-electron chi connectivity index (χ4n) is 4.25.